The van der Waals surface area contributed by atoms with Crippen LogP contribution in [-0.2, 0) is 6.42 Å². The lowest BCUT2D eigenvalue weighted by molar-refractivity contribution is 0.253. The van der Waals surface area contributed by atoms with E-state index >= 15 is 0 Å². The zero-order valence-corrected chi connectivity index (χ0v) is 13.3. The highest BCUT2D eigenvalue weighted by Gasteiger charge is 2.43. The van der Waals surface area contributed by atoms with Crippen molar-refractivity contribution >= 4 is 26.7 Å². The summed E-state index contributed by atoms with van der Waals surface area (Å²) in [6.45, 7) is 2.47. The summed E-state index contributed by atoms with van der Waals surface area (Å²) >= 11 is 3.73. The van der Waals surface area contributed by atoms with Crippen molar-refractivity contribution in [3.8, 4) is 5.75 Å². The number of aromatic hydroxyl groups is 1. The zero-order chi connectivity index (χ0) is 13.9. The highest BCUT2D eigenvalue weighted by Crippen LogP contribution is 2.57. The molecule has 2 aromatic carbocycles. The SMILES string of the molecule is CC12CCCC1c1cc(Br)c3ccc(O)cc3c1CC2. The molecule has 2 aliphatic rings. The van der Waals surface area contributed by atoms with Crippen LogP contribution < -0.4 is 0 Å². The fourth-order valence-electron chi connectivity index (χ4n) is 4.51. The van der Waals surface area contributed by atoms with Gasteiger partial charge in [0.1, 0.15) is 5.75 Å². The number of aryl methyl sites for hydroxylation is 1. The third kappa shape index (κ3) is 1.67. The van der Waals surface area contributed by atoms with Gasteiger partial charge < -0.3 is 5.11 Å². The van der Waals surface area contributed by atoms with Crippen LogP contribution in [0.15, 0.2) is 28.7 Å². The molecule has 1 fully saturated rings. The van der Waals surface area contributed by atoms with Crippen LogP contribution in [0.4, 0.5) is 0 Å². The van der Waals surface area contributed by atoms with Gasteiger partial charge in [-0.1, -0.05) is 29.3 Å². The number of phenolic OH excluding ortho intramolecular Hbond substituents is 1. The van der Waals surface area contributed by atoms with Gasteiger partial charge >= 0.3 is 0 Å². The Morgan fingerprint density at radius 2 is 2.05 bits per heavy atom. The second kappa shape index (κ2) is 4.24. The largest absolute Gasteiger partial charge is 0.508 e. The van der Waals surface area contributed by atoms with E-state index in [9.17, 15) is 5.11 Å². The lowest BCUT2D eigenvalue weighted by Crippen LogP contribution is -2.26. The molecule has 0 heterocycles. The van der Waals surface area contributed by atoms with Gasteiger partial charge in [0.2, 0.25) is 0 Å². The summed E-state index contributed by atoms with van der Waals surface area (Å²) in [5.74, 6) is 1.08. The molecule has 2 aromatic rings. The van der Waals surface area contributed by atoms with E-state index in [1.54, 1.807) is 6.07 Å². The molecule has 2 unspecified atom stereocenters. The van der Waals surface area contributed by atoms with Crippen molar-refractivity contribution in [1.82, 2.24) is 0 Å². The molecule has 0 spiro atoms. The fourth-order valence-corrected chi connectivity index (χ4v) is 5.10. The monoisotopic (exact) mass is 330 g/mol. The first-order chi connectivity index (χ1) is 9.58. The normalized spacial score (nSPS) is 28.4. The number of rotatable bonds is 0. The van der Waals surface area contributed by atoms with Gasteiger partial charge in [-0.05, 0) is 83.2 Å². The highest BCUT2D eigenvalue weighted by molar-refractivity contribution is 9.10. The summed E-state index contributed by atoms with van der Waals surface area (Å²) in [6.07, 6.45) is 6.48. The van der Waals surface area contributed by atoms with Gasteiger partial charge in [-0.25, -0.2) is 0 Å². The van der Waals surface area contributed by atoms with Gasteiger partial charge in [0.25, 0.3) is 0 Å². The van der Waals surface area contributed by atoms with Crippen molar-refractivity contribution < 1.29 is 5.11 Å². The number of hydrogen-bond donors (Lipinski definition) is 1. The van der Waals surface area contributed by atoms with Gasteiger partial charge in [-0.2, -0.15) is 0 Å². The maximum Gasteiger partial charge on any atom is 0.116 e. The van der Waals surface area contributed by atoms with Crippen LogP contribution in [0.5, 0.6) is 5.75 Å². The first-order valence-electron chi connectivity index (χ1n) is 7.52. The Labute approximate surface area is 128 Å². The lowest BCUT2D eigenvalue weighted by atomic mass is 9.66. The molecule has 2 heteroatoms. The van der Waals surface area contributed by atoms with Crippen molar-refractivity contribution in [1.29, 1.82) is 0 Å². The molecule has 0 aromatic heterocycles. The first kappa shape index (κ1) is 12.7. The minimum atomic E-state index is 0.373. The molecule has 1 saturated carbocycles. The second-order valence-corrected chi connectivity index (χ2v) is 7.61. The number of hydrogen-bond acceptors (Lipinski definition) is 1. The van der Waals surface area contributed by atoms with Crippen molar-refractivity contribution in [3.63, 3.8) is 0 Å². The van der Waals surface area contributed by atoms with E-state index in [1.807, 2.05) is 12.1 Å². The van der Waals surface area contributed by atoms with E-state index in [-0.39, 0.29) is 0 Å². The van der Waals surface area contributed by atoms with Crippen LogP contribution in [-0.4, -0.2) is 5.11 Å². The van der Waals surface area contributed by atoms with E-state index in [4.69, 9.17) is 0 Å². The topological polar surface area (TPSA) is 20.2 Å². The van der Waals surface area contributed by atoms with Crippen LogP contribution in [0, 0.1) is 5.41 Å². The van der Waals surface area contributed by atoms with Crippen molar-refractivity contribution in [2.75, 3.05) is 0 Å². The summed E-state index contributed by atoms with van der Waals surface area (Å²) in [5.41, 5.74) is 3.50. The van der Waals surface area contributed by atoms with Gasteiger partial charge in [-0.3, -0.25) is 0 Å². The van der Waals surface area contributed by atoms with Gasteiger partial charge in [0.05, 0.1) is 0 Å². The van der Waals surface area contributed by atoms with Crippen LogP contribution in [0.1, 0.15) is 49.7 Å². The molecule has 0 amide bonds. The summed E-state index contributed by atoms with van der Waals surface area (Å²) in [4.78, 5) is 0. The second-order valence-electron chi connectivity index (χ2n) is 6.75. The third-order valence-electron chi connectivity index (χ3n) is 5.62. The van der Waals surface area contributed by atoms with E-state index in [2.05, 4.69) is 28.9 Å². The zero-order valence-electron chi connectivity index (χ0n) is 11.7. The van der Waals surface area contributed by atoms with Crippen LogP contribution in [0.25, 0.3) is 10.8 Å². The molecule has 4 rings (SSSR count). The average molecular weight is 331 g/mol. The van der Waals surface area contributed by atoms with Crippen LogP contribution >= 0.6 is 15.9 Å². The molecule has 2 atom stereocenters. The maximum atomic E-state index is 9.85. The Hall–Kier alpha value is -1.02. The lowest BCUT2D eigenvalue weighted by Gasteiger charge is -2.38. The molecule has 104 valence electrons. The molecular weight excluding hydrogens is 312 g/mol. The van der Waals surface area contributed by atoms with Gasteiger partial charge in [-0.15, -0.1) is 0 Å². The molecule has 20 heavy (non-hydrogen) atoms. The predicted molar refractivity (Wildman–Crippen MR) is 86.3 cm³/mol. The quantitative estimate of drug-likeness (QED) is 0.673. The smallest absolute Gasteiger partial charge is 0.116 e. The van der Waals surface area contributed by atoms with Gasteiger partial charge in [0, 0.05) is 4.47 Å². The van der Waals surface area contributed by atoms with Crippen LogP contribution in [0.2, 0.25) is 0 Å². The maximum absolute atomic E-state index is 9.85. The Kier molecular flexibility index (Phi) is 2.69. The molecular formula is C18H19BrO. The molecule has 0 aliphatic heterocycles. The third-order valence-corrected chi connectivity index (χ3v) is 6.28. The number of halogens is 1. The van der Waals surface area contributed by atoms with E-state index in [0.29, 0.717) is 17.1 Å². The van der Waals surface area contributed by atoms with E-state index in [0.717, 1.165) is 6.42 Å². The summed E-state index contributed by atoms with van der Waals surface area (Å²) < 4.78 is 1.17. The minimum Gasteiger partial charge on any atom is -0.508 e. The molecule has 1 N–H and O–H groups in total. The average Bonchev–Trinajstić information content (AvgIpc) is 2.81. The summed E-state index contributed by atoms with van der Waals surface area (Å²) in [7, 11) is 0. The molecule has 0 saturated heterocycles. The summed E-state index contributed by atoms with van der Waals surface area (Å²) in [5, 5.41) is 12.3. The number of fused-ring (bicyclic) bond motifs is 5. The predicted octanol–water partition coefficient (Wildman–Crippen LogP) is 5.53. The summed E-state index contributed by atoms with van der Waals surface area (Å²) in [6, 6.07) is 8.10. The first-order valence-corrected chi connectivity index (χ1v) is 8.32. The molecule has 2 aliphatic carbocycles. The fraction of sp³-hybridized carbons (Fsp3) is 0.444. The molecule has 1 nitrogen and oxygen atoms in total. The Morgan fingerprint density at radius 3 is 2.90 bits per heavy atom. The van der Waals surface area contributed by atoms with E-state index in [1.165, 1.54) is 52.1 Å². The number of phenols is 1. The van der Waals surface area contributed by atoms with Gasteiger partial charge in [0.15, 0.2) is 0 Å². The van der Waals surface area contributed by atoms with E-state index < -0.39 is 0 Å². The molecule has 0 radical (unpaired) electrons. The standard InChI is InChI=1S/C18H19BrO/c1-18-7-2-3-16(18)15-10-17(19)13-5-4-11(20)9-14(13)12(15)6-8-18/h4-5,9-10,16,20H,2-3,6-8H2,1H3. The Balaban J connectivity index is 2.02. The minimum absolute atomic E-state index is 0.373. The Morgan fingerprint density at radius 1 is 1.20 bits per heavy atom. The van der Waals surface area contributed by atoms with Crippen LogP contribution in [0.3, 0.4) is 0 Å². The molecule has 0 bridgehead atoms. The van der Waals surface area contributed by atoms with Crippen molar-refractivity contribution in [2.45, 2.75) is 44.9 Å². The highest BCUT2D eigenvalue weighted by atomic mass is 79.9. The van der Waals surface area contributed by atoms with Crippen molar-refractivity contribution in [3.05, 3.63) is 39.9 Å². The number of benzene rings is 2. The Bertz CT molecular complexity index is 706. The van der Waals surface area contributed by atoms with Crippen molar-refractivity contribution in [2.24, 2.45) is 5.41 Å².